The topological polar surface area (TPSA) is 69.6 Å². The minimum atomic E-state index is -0.861. The van der Waals surface area contributed by atoms with Crippen LogP contribution in [0.25, 0.3) is 0 Å². The Balaban J connectivity index is 2.57. The molecule has 1 fully saturated rings. The average molecular weight is 200 g/mol. The van der Waals surface area contributed by atoms with E-state index in [2.05, 4.69) is 5.32 Å². The zero-order valence-electron chi connectivity index (χ0n) is 8.49. The Labute approximate surface area is 83.1 Å². The Hall–Kier alpha value is -1.26. The molecule has 0 radical (unpaired) electrons. The van der Waals surface area contributed by atoms with Crippen molar-refractivity contribution in [3.05, 3.63) is 0 Å². The first kappa shape index (κ1) is 10.8. The maximum atomic E-state index is 11.3. The second kappa shape index (κ2) is 4.30. The van der Waals surface area contributed by atoms with E-state index in [9.17, 15) is 9.59 Å². The molecular formula is C9H16N2O3. The Bertz CT molecular complexity index is 240. The molecule has 0 spiro atoms. The van der Waals surface area contributed by atoms with Crippen molar-refractivity contribution in [1.29, 1.82) is 0 Å². The molecule has 0 saturated carbocycles. The van der Waals surface area contributed by atoms with Gasteiger partial charge in [0.1, 0.15) is 0 Å². The van der Waals surface area contributed by atoms with Gasteiger partial charge in [-0.25, -0.2) is 4.79 Å². The summed E-state index contributed by atoms with van der Waals surface area (Å²) in [7, 11) is 0. The SMILES string of the molecule is CC(C)CN1C(=O)NCC1CC(=O)O. The van der Waals surface area contributed by atoms with Gasteiger partial charge in [0.2, 0.25) is 0 Å². The monoisotopic (exact) mass is 200 g/mol. The highest BCUT2D eigenvalue weighted by Crippen LogP contribution is 2.13. The Morgan fingerprint density at radius 1 is 1.71 bits per heavy atom. The third kappa shape index (κ3) is 2.61. The molecule has 1 aliphatic heterocycles. The van der Waals surface area contributed by atoms with Crippen LogP contribution >= 0.6 is 0 Å². The molecule has 2 N–H and O–H groups in total. The standard InChI is InChI=1S/C9H16N2O3/c1-6(2)5-11-7(3-8(12)13)4-10-9(11)14/h6-7H,3-5H2,1-2H3,(H,10,14)(H,12,13). The maximum Gasteiger partial charge on any atom is 0.317 e. The van der Waals surface area contributed by atoms with E-state index >= 15 is 0 Å². The van der Waals surface area contributed by atoms with E-state index in [1.165, 1.54) is 0 Å². The molecule has 0 aromatic heterocycles. The predicted octanol–water partition coefficient (Wildman–Crippen LogP) is 0.511. The fourth-order valence-electron chi connectivity index (χ4n) is 1.59. The predicted molar refractivity (Wildman–Crippen MR) is 51.0 cm³/mol. The fraction of sp³-hybridized carbons (Fsp3) is 0.778. The first-order valence-electron chi connectivity index (χ1n) is 4.77. The van der Waals surface area contributed by atoms with Crippen molar-refractivity contribution in [2.75, 3.05) is 13.1 Å². The number of carbonyl (C=O) groups excluding carboxylic acids is 1. The van der Waals surface area contributed by atoms with E-state index in [4.69, 9.17) is 5.11 Å². The zero-order chi connectivity index (χ0) is 10.7. The van der Waals surface area contributed by atoms with Gasteiger partial charge >= 0.3 is 12.0 Å². The molecule has 0 aromatic rings. The summed E-state index contributed by atoms with van der Waals surface area (Å²) in [6.07, 6.45) is 0.0193. The van der Waals surface area contributed by atoms with Crippen molar-refractivity contribution in [3.63, 3.8) is 0 Å². The minimum absolute atomic E-state index is 0.0193. The summed E-state index contributed by atoms with van der Waals surface area (Å²) in [6, 6.07) is -0.340. The summed E-state index contributed by atoms with van der Waals surface area (Å²) in [5, 5.41) is 11.3. The van der Waals surface area contributed by atoms with E-state index in [-0.39, 0.29) is 18.5 Å². The number of rotatable bonds is 4. The third-order valence-corrected chi connectivity index (χ3v) is 2.16. The molecule has 0 bridgehead atoms. The van der Waals surface area contributed by atoms with Gasteiger partial charge in [-0.05, 0) is 5.92 Å². The first-order chi connectivity index (χ1) is 6.50. The van der Waals surface area contributed by atoms with Crippen molar-refractivity contribution in [1.82, 2.24) is 10.2 Å². The zero-order valence-corrected chi connectivity index (χ0v) is 8.49. The molecule has 2 amide bonds. The van der Waals surface area contributed by atoms with Crippen LogP contribution in [0.4, 0.5) is 4.79 Å². The Kier molecular flexibility index (Phi) is 3.33. The molecule has 14 heavy (non-hydrogen) atoms. The van der Waals surface area contributed by atoms with E-state index in [1.807, 2.05) is 13.8 Å². The Morgan fingerprint density at radius 3 is 2.86 bits per heavy atom. The van der Waals surface area contributed by atoms with Crippen LogP contribution in [0.3, 0.4) is 0 Å². The van der Waals surface area contributed by atoms with Gasteiger partial charge in [0.05, 0.1) is 12.5 Å². The third-order valence-electron chi connectivity index (χ3n) is 2.16. The quantitative estimate of drug-likeness (QED) is 0.694. The number of hydrogen-bond acceptors (Lipinski definition) is 2. The molecule has 0 aliphatic carbocycles. The molecule has 80 valence electrons. The molecule has 1 heterocycles. The fourth-order valence-corrected chi connectivity index (χ4v) is 1.59. The average Bonchev–Trinajstić information content (AvgIpc) is 2.34. The van der Waals surface area contributed by atoms with Crippen LogP contribution < -0.4 is 5.32 Å². The summed E-state index contributed by atoms with van der Waals surface area (Å²) >= 11 is 0. The molecule has 5 heteroatoms. The highest BCUT2D eigenvalue weighted by Gasteiger charge is 2.32. The molecular weight excluding hydrogens is 184 g/mol. The number of amides is 2. The number of nitrogens with zero attached hydrogens (tertiary/aromatic N) is 1. The van der Waals surface area contributed by atoms with Crippen molar-refractivity contribution in [2.45, 2.75) is 26.3 Å². The van der Waals surface area contributed by atoms with Crippen LogP contribution in [0.5, 0.6) is 0 Å². The van der Waals surface area contributed by atoms with Gasteiger partial charge in [0.25, 0.3) is 0 Å². The van der Waals surface area contributed by atoms with Gasteiger partial charge in [-0.1, -0.05) is 13.8 Å². The number of nitrogens with one attached hydrogen (secondary N) is 1. The van der Waals surface area contributed by atoms with Gasteiger partial charge in [-0.3, -0.25) is 4.79 Å². The second-order valence-electron chi connectivity index (χ2n) is 3.98. The largest absolute Gasteiger partial charge is 0.481 e. The first-order valence-corrected chi connectivity index (χ1v) is 4.77. The normalized spacial score (nSPS) is 21.5. The molecule has 1 rings (SSSR count). The summed E-state index contributed by atoms with van der Waals surface area (Å²) in [5.41, 5.74) is 0. The van der Waals surface area contributed by atoms with Crippen molar-refractivity contribution in [2.24, 2.45) is 5.92 Å². The Morgan fingerprint density at radius 2 is 2.36 bits per heavy atom. The van der Waals surface area contributed by atoms with E-state index in [1.54, 1.807) is 4.90 Å². The van der Waals surface area contributed by atoms with Crippen molar-refractivity contribution in [3.8, 4) is 0 Å². The van der Waals surface area contributed by atoms with Crippen LogP contribution in [0.15, 0.2) is 0 Å². The van der Waals surface area contributed by atoms with E-state index in [0.29, 0.717) is 19.0 Å². The lowest BCUT2D eigenvalue weighted by Gasteiger charge is -2.23. The number of carboxylic acids is 1. The van der Waals surface area contributed by atoms with Crippen molar-refractivity contribution < 1.29 is 14.7 Å². The molecule has 5 nitrogen and oxygen atoms in total. The van der Waals surface area contributed by atoms with Crippen LogP contribution in [0, 0.1) is 5.92 Å². The van der Waals surface area contributed by atoms with Crippen LogP contribution in [-0.2, 0) is 4.79 Å². The molecule has 0 aromatic carbocycles. The number of carboxylic acid groups (broad SMARTS) is 1. The lowest BCUT2D eigenvalue weighted by molar-refractivity contribution is -0.137. The minimum Gasteiger partial charge on any atom is -0.481 e. The van der Waals surface area contributed by atoms with Crippen LogP contribution in [-0.4, -0.2) is 41.1 Å². The maximum absolute atomic E-state index is 11.3. The highest BCUT2D eigenvalue weighted by atomic mass is 16.4. The molecule has 1 aliphatic rings. The number of hydrogen-bond donors (Lipinski definition) is 2. The second-order valence-corrected chi connectivity index (χ2v) is 3.98. The van der Waals surface area contributed by atoms with Crippen LogP contribution in [0.2, 0.25) is 0 Å². The summed E-state index contributed by atoms with van der Waals surface area (Å²) in [6.45, 7) is 5.06. The summed E-state index contributed by atoms with van der Waals surface area (Å²) in [5.74, 6) is -0.504. The summed E-state index contributed by atoms with van der Waals surface area (Å²) in [4.78, 5) is 23.5. The van der Waals surface area contributed by atoms with Crippen LogP contribution in [0.1, 0.15) is 20.3 Å². The van der Waals surface area contributed by atoms with Crippen molar-refractivity contribution >= 4 is 12.0 Å². The van der Waals surface area contributed by atoms with E-state index in [0.717, 1.165) is 0 Å². The van der Waals surface area contributed by atoms with Gasteiger partial charge in [0, 0.05) is 13.1 Å². The van der Waals surface area contributed by atoms with Gasteiger partial charge < -0.3 is 15.3 Å². The highest BCUT2D eigenvalue weighted by molar-refractivity contribution is 5.78. The smallest absolute Gasteiger partial charge is 0.317 e. The van der Waals surface area contributed by atoms with Gasteiger partial charge in [0.15, 0.2) is 0 Å². The molecule has 1 atom stereocenters. The number of carbonyl (C=O) groups is 2. The van der Waals surface area contributed by atoms with Gasteiger partial charge in [-0.2, -0.15) is 0 Å². The molecule has 1 unspecified atom stereocenters. The van der Waals surface area contributed by atoms with E-state index < -0.39 is 5.97 Å². The summed E-state index contributed by atoms with van der Waals surface area (Å²) < 4.78 is 0. The van der Waals surface area contributed by atoms with Gasteiger partial charge in [-0.15, -0.1) is 0 Å². The molecule has 1 saturated heterocycles. The number of urea groups is 1. The lowest BCUT2D eigenvalue weighted by atomic mass is 10.1. The number of aliphatic carboxylic acids is 1. The lowest BCUT2D eigenvalue weighted by Crippen LogP contribution is -2.38.